The van der Waals surface area contributed by atoms with Gasteiger partial charge in [0.2, 0.25) is 5.91 Å². The molecule has 0 spiro atoms. The second-order valence-corrected chi connectivity index (χ2v) is 17.3. The van der Waals surface area contributed by atoms with Gasteiger partial charge < -0.3 is 15.3 Å². The highest BCUT2D eigenvalue weighted by Gasteiger charge is 2.70. The maximum atomic E-state index is 14.0. The number of rotatable bonds is 7. The van der Waals surface area contributed by atoms with Gasteiger partial charge in [0.15, 0.2) is 5.78 Å². The number of aliphatic carboxylic acids is 1. The molecule has 8 unspecified atom stereocenters. The van der Waals surface area contributed by atoms with Gasteiger partial charge in [-0.2, -0.15) is 0 Å². The summed E-state index contributed by atoms with van der Waals surface area (Å²) in [6.07, 6.45) is 10.4. The highest BCUT2D eigenvalue weighted by Crippen LogP contribution is 2.75. The maximum absolute atomic E-state index is 14.0. The summed E-state index contributed by atoms with van der Waals surface area (Å²) in [5.41, 5.74) is 0.138. The predicted molar refractivity (Wildman–Crippen MR) is 171 cm³/mol. The first-order valence-corrected chi connectivity index (χ1v) is 17.4. The second-order valence-electron chi connectivity index (χ2n) is 17.3. The number of ketones is 1. The SMILES string of the molecule is CCN(CC)CCNC(=O)C1CC2(C)C(CCC3(C)C2CC=C2C4CC(C)(C)CCC4(C(=O)O)CCC23C)C(C)(C)C1=O. The van der Waals surface area contributed by atoms with E-state index < -0.39 is 22.7 Å². The van der Waals surface area contributed by atoms with Gasteiger partial charge in [0.05, 0.1) is 11.3 Å². The lowest BCUT2D eigenvalue weighted by Gasteiger charge is -2.70. The lowest BCUT2D eigenvalue weighted by atomic mass is 9.33. The average Bonchev–Trinajstić information content (AvgIpc) is 2.93. The van der Waals surface area contributed by atoms with E-state index in [-0.39, 0.29) is 45.2 Å². The first kappa shape index (κ1) is 32.7. The van der Waals surface area contributed by atoms with Gasteiger partial charge in [-0.1, -0.05) is 74.0 Å². The number of Topliss-reactive ketones (excluding diaryl/α,β-unsaturated/α-hetero) is 1. The number of nitrogens with one attached hydrogen (secondary N) is 1. The fraction of sp³-hybridized carbons (Fsp3) is 0.865. The van der Waals surface area contributed by atoms with Crippen molar-refractivity contribution >= 4 is 17.7 Å². The van der Waals surface area contributed by atoms with E-state index in [1.165, 1.54) is 5.57 Å². The Morgan fingerprint density at radius 1 is 0.930 bits per heavy atom. The van der Waals surface area contributed by atoms with Crippen LogP contribution in [0.25, 0.3) is 0 Å². The Morgan fingerprint density at radius 3 is 2.21 bits per heavy atom. The van der Waals surface area contributed by atoms with Crippen LogP contribution in [0.4, 0.5) is 0 Å². The third kappa shape index (κ3) is 4.69. The zero-order chi connectivity index (χ0) is 31.8. The number of carboxylic acids is 1. The highest BCUT2D eigenvalue weighted by molar-refractivity contribution is 6.04. The minimum atomic E-state index is -0.640. The Balaban J connectivity index is 1.49. The summed E-state index contributed by atoms with van der Waals surface area (Å²) < 4.78 is 0. The van der Waals surface area contributed by atoms with Crippen molar-refractivity contribution in [3.05, 3.63) is 11.6 Å². The first-order chi connectivity index (χ1) is 19.9. The van der Waals surface area contributed by atoms with Crippen molar-refractivity contribution in [1.82, 2.24) is 10.2 Å². The van der Waals surface area contributed by atoms with Crippen LogP contribution < -0.4 is 5.32 Å². The van der Waals surface area contributed by atoms with Gasteiger partial charge in [0, 0.05) is 18.5 Å². The Labute approximate surface area is 261 Å². The molecular weight excluding hydrogens is 536 g/mol. The molecule has 8 atom stereocenters. The number of hydrogen-bond acceptors (Lipinski definition) is 4. The van der Waals surface area contributed by atoms with Crippen molar-refractivity contribution < 1.29 is 19.5 Å². The van der Waals surface area contributed by atoms with Crippen molar-refractivity contribution in [2.45, 2.75) is 120 Å². The molecule has 4 fully saturated rings. The molecule has 5 aliphatic rings. The number of allylic oxidation sites excluding steroid dienone is 2. The van der Waals surface area contributed by atoms with Crippen LogP contribution in [0.1, 0.15) is 120 Å². The molecular formula is C37H60N2O4. The molecule has 1 amide bonds. The topological polar surface area (TPSA) is 86.7 Å². The summed E-state index contributed by atoms with van der Waals surface area (Å²) >= 11 is 0. The first-order valence-electron chi connectivity index (χ1n) is 17.4. The van der Waals surface area contributed by atoms with Gasteiger partial charge in [-0.05, 0) is 110 Å². The Kier molecular flexibility index (Phi) is 8.13. The second kappa shape index (κ2) is 10.7. The highest BCUT2D eigenvalue weighted by atomic mass is 16.4. The minimum absolute atomic E-state index is 0.00513. The third-order valence-electron chi connectivity index (χ3n) is 14.7. The number of carbonyl (C=O) groups excluding carboxylic acids is 2. The van der Waals surface area contributed by atoms with E-state index >= 15 is 0 Å². The largest absolute Gasteiger partial charge is 0.481 e. The fourth-order valence-corrected chi connectivity index (χ4v) is 11.8. The molecule has 6 nitrogen and oxygen atoms in total. The van der Waals surface area contributed by atoms with Crippen LogP contribution in [-0.2, 0) is 14.4 Å². The summed E-state index contributed by atoms with van der Waals surface area (Å²) in [4.78, 5) is 42.9. The summed E-state index contributed by atoms with van der Waals surface area (Å²) in [7, 11) is 0. The molecule has 5 rings (SSSR count). The van der Waals surface area contributed by atoms with Crippen molar-refractivity contribution in [2.75, 3.05) is 26.2 Å². The van der Waals surface area contributed by atoms with E-state index in [0.29, 0.717) is 18.9 Å². The number of fused-ring (bicyclic) bond motifs is 7. The van der Waals surface area contributed by atoms with Gasteiger partial charge in [0.1, 0.15) is 0 Å². The van der Waals surface area contributed by atoms with E-state index in [9.17, 15) is 19.5 Å². The normalized spacial score (nSPS) is 43.0. The van der Waals surface area contributed by atoms with E-state index in [2.05, 4.69) is 78.6 Å². The van der Waals surface area contributed by atoms with E-state index in [1.54, 1.807) is 0 Å². The Hall–Kier alpha value is -1.69. The van der Waals surface area contributed by atoms with E-state index in [0.717, 1.165) is 71.0 Å². The molecule has 0 heterocycles. The van der Waals surface area contributed by atoms with Crippen LogP contribution in [0, 0.1) is 56.2 Å². The van der Waals surface area contributed by atoms with Crippen molar-refractivity contribution in [3.63, 3.8) is 0 Å². The molecule has 0 aromatic rings. The number of hydrogen-bond donors (Lipinski definition) is 2. The lowest BCUT2D eigenvalue weighted by molar-refractivity contribution is -0.195. The van der Waals surface area contributed by atoms with Gasteiger partial charge in [-0.25, -0.2) is 0 Å². The van der Waals surface area contributed by atoms with E-state index in [4.69, 9.17) is 0 Å². The molecule has 0 aromatic heterocycles. The summed E-state index contributed by atoms with van der Waals surface area (Å²) in [6.45, 7) is 23.7. The molecule has 5 aliphatic carbocycles. The number of amides is 1. The number of carboxylic acid groups (broad SMARTS) is 1. The van der Waals surface area contributed by atoms with Gasteiger partial charge in [0.25, 0.3) is 0 Å². The third-order valence-corrected chi connectivity index (χ3v) is 14.7. The zero-order valence-corrected chi connectivity index (χ0v) is 28.7. The zero-order valence-electron chi connectivity index (χ0n) is 28.7. The number of likely N-dealkylation sites (N-methyl/N-ethyl adjacent to an activating group) is 1. The molecule has 0 aliphatic heterocycles. The lowest BCUT2D eigenvalue weighted by Crippen LogP contribution is -2.66. The molecule has 43 heavy (non-hydrogen) atoms. The molecule has 4 saturated carbocycles. The Morgan fingerprint density at radius 2 is 1.58 bits per heavy atom. The molecule has 0 saturated heterocycles. The monoisotopic (exact) mass is 596 g/mol. The van der Waals surface area contributed by atoms with E-state index in [1.807, 2.05) is 0 Å². The number of nitrogens with zero attached hydrogens (tertiary/aromatic N) is 1. The summed E-state index contributed by atoms with van der Waals surface area (Å²) in [6, 6.07) is 0. The maximum Gasteiger partial charge on any atom is 0.310 e. The number of carbonyl (C=O) groups is 3. The van der Waals surface area contributed by atoms with Crippen LogP contribution in [0.5, 0.6) is 0 Å². The smallest absolute Gasteiger partial charge is 0.310 e. The standard InChI is InChI=1S/C37H60N2O4/c1-10-39(11-2)21-20-38-30(41)24-22-34(7)27(33(5,6)29(24)40)14-15-36(9)28(34)13-12-25-26-23-32(3,4)16-18-37(26,31(42)43)19-17-35(25,36)8/h12,24,26-28H,10-11,13-23H2,1-9H3,(H,38,41)(H,42,43). The van der Waals surface area contributed by atoms with Gasteiger partial charge in [-0.15, -0.1) is 0 Å². The minimum Gasteiger partial charge on any atom is -0.481 e. The molecule has 0 radical (unpaired) electrons. The van der Waals surface area contributed by atoms with Gasteiger partial charge in [-0.3, -0.25) is 14.4 Å². The molecule has 6 heteroatoms. The van der Waals surface area contributed by atoms with Crippen LogP contribution in [-0.4, -0.2) is 53.8 Å². The quantitative estimate of drug-likeness (QED) is 0.241. The van der Waals surface area contributed by atoms with Crippen LogP contribution in [0.3, 0.4) is 0 Å². The predicted octanol–water partition coefficient (Wildman–Crippen LogP) is 7.13. The molecule has 0 bridgehead atoms. The van der Waals surface area contributed by atoms with Crippen LogP contribution >= 0.6 is 0 Å². The fourth-order valence-electron chi connectivity index (χ4n) is 11.8. The molecule has 0 aromatic carbocycles. The van der Waals surface area contributed by atoms with Crippen molar-refractivity contribution in [2.24, 2.45) is 56.2 Å². The average molecular weight is 597 g/mol. The van der Waals surface area contributed by atoms with Crippen LogP contribution in [0.15, 0.2) is 11.6 Å². The summed E-state index contributed by atoms with van der Waals surface area (Å²) in [5.74, 6) is -0.516. The Bertz CT molecular complexity index is 1180. The summed E-state index contributed by atoms with van der Waals surface area (Å²) in [5, 5.41) is 13.8. The van der Waals surface area contributed by atoms with Crippen molar-refractivity contribution in [3.8, 4) is 0 Å². The van der Waals surface area contributed by atoms with Crippen LogP contribution in [0.2, 0.25) is 0 Å². The van der Waals surface area contributed by atoms with Crippen molar-refractivity contribution in [1.29, 1.82) is 0 Å². The van der Waals surface area contributed by atoms with Gasteiger partial charge >= 0.3 is 5.97 Å². The molecule has 2 N–H and O–H groups in total. The molecule has 242 valence electrons.